The molecular formula is C50H91NO5. The zero-order chi connectivity index (χ0) is 40.8. The number of allylic oxidation sites excluding steroid dienone is 8. The molecule has 3 N–H and O–H groups in total. The Bertz CT molecular complexity index is 957. The Morgan fingerprint density at radius 3 is 1.50 bits per heavy atom. The van der Waals surface area contributed by atoms with Gasteiger partial charge in [0.15, 0.2) is 0 Å². The van der Waals surface area contributed by atoms with Crippen molar-refractivity contribution in [1.82, 2.24) is 5.32 Å². The summed E-state index contributed by atoms with van der Waals surface area (Å²) in [7, 11) is 0. The number of ether oxygens (including phenoxy) is 1. The first-order chi connectivity index (χ1) is 27.5. The largest absolute Gasteiger partial charge is 0.466 e. The van der Waals surface area contributed by atoms with Crippen molar-refractivity contribution in [3.05, 3.63) is 48.6 Å². The second-order valence-electron chi connectivity index (χ2n) is 16.1. The van der Waals surface area contributed by atoms with Gasteiger partial charge in [-0.15, -0.1) is 0 Å². The highest BCUT2D eigenvalue weighted by Crippen LogP contribution is 2.14. The number of amides is 1. The van der Waals surface area contributed by atoms with Crippen LogP contribution in [0.5, 0.6) is 0 Å². The molecule has 0 fully saturated rings. The van der Waals surface area contributed by atoms with Crippen LogP contribution >= 0.6 is 0 Å². The summed E-state index contributed by atoms with van der Waals surface area (Å²) in [6.45, 7) is 4.82. The maximum atomic E-state index is 12.4. The first-order valence-electron chi connectivity index (χ1n) is 23.9. The molecule has 0 rings (SSSR count). The number of hydrogen-bond donors (Lipinski definition) is 3. The summed E-state index contributed by atoms with van der Waals surface area (Å²) in [5, 5.41) is 23.0. The molecule has 0 aromatic heterocycles. The molecule has 0 aromatic carbocycles. The second kappa shape index (κ2) is 45.5. The lowest BCUT2D eigenvalue weighted by molar-refractivity contribution is -0.143. The third-order valence-electron chi connectivity index (χ3n) is 10.6. The third-order valence-corrected chi connectivity index (χ3v) is 10.6. The minimum atomic E-state index is -0.677. The van der Waals surface area contributed by atoms with Crippen LogP contribution in [0.15, 0.2) is 48.6 Å². The maximum Gasteiger partial charge on any atom is 0.305 e. The van der Waals surface area contributed by atoms with Gasteiger partial charge in [0.25, 0.3) is 0 Å². The summed E-state index contributed by atoms with van der Waals surface area (Å²) in [6.07, 6.45) is 55.0. The van der Waals surface area contributed by atoms with E-state index in [1.165, 1.54) is 109 Å². The molecule has 0 heterocycles. The Hall–Kier alpha value is -2.18. The number of aliphatic hydroxyl groups is 2. The first kappa shape index (κ1) is 53.8. The van der Waals surface area contributed by atoms with Crippen LogP contribution < -0.4 is 5.32 Å². The smallest absolute Gasteiger partial charge is 0.305 e. The number of nitrogens with one attached hydrogen (secondary N) is 1. The lowest BCUT2D eigenvalue weighted by Crippen LogP contribution is -2.45. The lowest BCUT2D eigenvalue weighted by atomic mass is 10.0. The topological polar surface area (TPSA) is 95.9 Å². The van der Waals surface area contributed by atoms with Crippen molar-refractivity contribution in [2.75, 3.05) is 13.2 Å². The molecule has 0 aliphatic heterocycles. The van der Waals surface area contributed by atoms with Gasteiger partial charge >= 0.3 is 5.97 Å². The number of carbonyl (C=O) groups excluding carboxylic acids is 2. The quantitative estimate of drug-likeness (QED) is 0.0248. The Kier molecular flexibility index (Phi) is 43.7. The van der Waals surface area contributed by atoms with Crippen molar-refractivity contribution in [2.24, 2.45) is 0 Å². The van der Waals surface area contributed by atoms with E-state index in [9.17, 15) is 19.8 Å². The van der Waals surface area contributed by atoms with E-state index < -0.39 is 12.1 Å². The van der Waals surface area contributed by atoms with Gasteiger partial charge in [0, 0.05) is 12.8 Å². The third kappa shape index (κ3) is 41.5. The van der Waals surface area contributed by atoms with E-state index in [-0.39, 0.29) is 18.5 Å². The molecule has 326 valence electrons. The van der Waals surface area contributed by atoms with Crippen LogP contribution in [0.2, 0.25) is 0 Å². The van der Waals surface area contributed by atoms with Gasteiger partial charge in [-0.2, -0.15) is 0 Å². The zero-order valence-corrected chi connectivity index (χ0v) is 36.8. The number of hydrogen-bond acceptors (Lipinski definition) is 5. The van der Waals surface area contributed by atoms with Crippen LogP contribution in [0.4, 0.5) is 0 Å². The molecule has 0 bridgehead atoms. The standard InChI is InChI=1S/C50H91NO5/c1-3-5-7-9-11-13-14-15-17-21-24-28-32-36-40-44-50(55)56-45-41-37-33-29-25-22-19-16-18-20-23-27-31-35-39-43-49(54)51-47(46-52)48(53)42-38-34-30-26-12-10-8-6-4-2/h11,13,15-17,19,22,25,47-48,52-53H,3-10,12,14,18,20-21,23-24,26-46H2,1-2H3,(H,51,54)/b13-11-,17-15-,19-16-,25-22-. The van der Waals surface area contributed by atoms with E-state index in [0.717, 1.165) is 89.9 Å². The molecule has 0 aromatic rings. The van der Waals surface area contributed by atoms with Gasteiger partial charge in [-0.25, -0.2) is 0 Å². The fourth-order valence-corrected chi connectivity index (χ4v) is 6.89. The van der Waals surface area contributed by atoms with Gasteiger partial charge in [0.1, 0.15) is 0 Å². The van der Waals surface area contributed by atoms with Crippen molar-refractivity contribution >= 4 is 11.9 Å². The van der Waals surface area contributed by atoms with Gasteiger partial charge in [0.2, 0.25) is 5.91 Å². The van der Waals surface area contributed by atoms with E-state index in [1.54, 1.807) is 0 Å². The molecule has 0 aliphatic rings. The van der Waals surface area contributed by atoms with E-state index >= 15 is 0 Å². The normalized spacial score (nSPS) is 13.1. The van der Waals surface area contributed by atoms with Crippen LogP contribution in [0.1, 0.15) is 232 Å². The van der Waals surface area contributed by atoms with Gasteiger partial charge in [-0.05, 0) is 89.9 Å². The number of aliphatic hydroxyl groups excluding tert-OH is 2. The van der Waals surface area contributed by atoms with Crippen molar-refractivity contribution in [2.45, 2.75) is 244 Å². The fourth-order valence-electron chi connectivity index (χ4n) is 6.89. The highest BCUT2D eigenvalue weighted by Gasteiger charge is 2.20. The summed E-state index contributed by atoms with van der Waals surface area (Å²) in [5.74, 6) is -0.0997. The number of carbonyl (C=O) groups is 2. The SMILES string of the molecule is CCCCC/C=C\C/C=C\CCCCCCCC(=O)OCCCCC/C=C\C=C/CCCCCCCCC(=O)NC(CO)C(O)CCCCCCCCCCC. The molecule has 0 saturated carbocycles. The van der Waals surface area contributed by atoms with Crippen molar-refractivity contribution < 1.29 is 24.5 Å². The Labute approximate surface area is 346 Å². The van der Waals surface area contributed by atoms with Crippen molar-refractivity contribution in [3.63, 3.8) is 0 Å². The van der Waals surface area contributed by atoms with E-state index in [0.29, 0.717) is 25.9 Å². The predicted molar refractivity (Wildman–Crippen MR) is 241 cm³/mol. The van der Waals surface area contributed by atoms with E-state index in [1.807, 2.05) is 0 Å². The zero-order valence-electron chi connectivity index (χ0n) is 36.8. The molecule has 0 spiro atoms. The van der Waals surface area contributed by atoms with Crippen LogP contribution in [-0.4, -0.2) is 47.4 Å². The summed E-state index contributed by atoms with van der Waals surface area (Å²) < 4.78 is 5.42. The molecule has 2 unspecified atom stereocenters. The predicted octanol–water partition coefficient (Wildman–Crippen LogP) is 13.9. The van der Waals surface area contributed by atoms with Gasteiger partial charge < -0.3 is 20.3 Å². The molecule has 6 nitrogen and oxygen atoms in total. The van der Waals surface area contributed by atoms with Gasteiger partial charge in [-0.1, -0.05) is 178 Å². The number of rotatable bonds is 43. The molecule has 2 atom stereocenters. The Morgan fingerprint density at radius 2 is 0.946 bits per heavy atom. The molecule has 0 aliphatic carbocycles. The summed E-state index contributed by atoms with van der Waals surface area (Å²) in [6, 6.07) is -0.557. The van der Waals surface area contributed by atoms with Crippen LogP contribution in [0.25, 0.3) is 0 Å². The Balaban J connectivity index is 3.53. The Morgan fingerprint density at radius 1 is 0.518 bits per heavy atom. The van der Waals surface area contributed by atoms with E-state index in [2.05, 4.69) is 67.8 Å². The molecule has 0 radical (unpaired) electrons. The summed E-state index contributed by atoms with van der Waals surface area (Å²) >= 11 is 0. The monoisotopic (exact) mass is 786 g/mol. The molecular weight excluding hydrogens is 695 g/mol. The molecule has 0 saturated heterocycles. The maximum absolute atomic E-state index is 12.4. The number of esters is 1. The highest BCUT2D eigenvalue weighted by atomic mass is 16.5. The summed E-state index contributed by atoms with van der Waals surface area (Å²) in [5.41, 5.74) is 0. The van der Waals surface area contributed by atoms with Crippen molar-refractivity contribution in [3.8, 4) is 0 Å². The van der Waals surface area contributed by atoms with E-state index in [4.69, 9.17) is 4.74 Å². The molecule has 1 amide bonds. The van der Waals surface area contributed by atoms with Crippen LogP contribution in [-0.2, 0) is 14.3 Å². The fraction of sp³-hybridized carbons (Fsp3) is 0.800. The second-order valence-corrected chi connectivity index (χ2v) is 16.1. The van der Waals surface area contributed by atoms with Crippen LogP contribution in [0.3, 0.4) is 0 Å². The average molecular weight is 786 g/mol. The van der Waals surface area contributed by atoms with Crippen LogP contribution in [0, 0.1) is 0 Å². The molecule has 56 heavy (non-hydrogen) atoms. The average Bonchev–Trinajstić information content (AvgIpc) is 3.20. The minimum Gasteiger partial charge on any atom is -0.466 e. The number of unbranched alkanes of at least 4 members (excludes halogenated alkanes) is 25. The highest BCUT2D eigenvalue weighted by molar-refractivity contribution is 5.76. The minimum absolute atomic E-state index is 0.0371. The molecule has 6 heteroatoms. The van der Waals surface area contributed by atoms with Gasteiger partial charge in [-0.3, -0.25) is 9.59 Å². The van der Waals surface area contributed by atoms with Gasteiger partial charge in [0.05, 0.1) is 25.4 Å². The first-order valence-corrected chi connectivity index (χ1v) is 23.9. The lowest BCUT2D eigenvalue weighted by Gasteiger charge is -2.22. The van der Waals surface area contributed by atoms with Crippen molar-refractivity contribution in [1.29, 1.82) is 0 Å². The summed E-state index contributed by atoms with van der Waals surface area (Å²) in [4.78, 5) is 24.4.